The molecule has 1 saturated heterocycles. The van der Waals surface area contributed by atoms with Crippen molar-refractivity contribution in [1.82, 2.24) is 4.90 Å². The third-order valence-electron chi connectivity index (χ3n) is 12.8. The van der Waals surface area contributed by atoms with E-state index < -0.39 is 0 Å². The van der Waals surface area contributed by atoms with Crippen molar-refractivity contribution in [3.8, 4) is 11.1 Å². The summed E-state index contributed by atoms with van der Waals surface area (Å²) in [5, 5.41) is 0. The van der Waals surface area contributed by atoms with Crippen molar-refractivity contribution < 1.29 is 0 Å². The van der Waals surface area contributed by atoms with Crippen LogP contribution in [0.1, 0.15) is 76.7 Å². The number of benzene rings is 3. The molecule has 51 heavy (non-hydrogen) atoms. The Morgan fingerprint density at radius 2 is 1.51 bits per heavy atom. The second-order valence-corrected chi connectivity index (χ2v) is 15.7. The summed E-state index contributed by atoms with van der Waals surface area (Å²) in [6.45, 7) is 2.47. The minimum atomic E-state index is 0.478. The maximum absolute atomic E-state index is 2.93. The van der Waals surface area contributed by atoms with Gasteiger partial charge in [0.15, 0.2) is 0 Å². The fraction of sp³-hybridized carbons (Fsp3) is 0.347. The van der Waals surface area contributed by atoms with Crippen LogP contribution in [0.4, 0.5) is 5.69 Å². The molecule has 0 aromatic heterocycles. The van der Waals surface area contributed by atoms with Gasteiger partial charge < -0.3 is 9.80 Å². The number of anilines is 1. The van der Waals surface area contributed by atoms with Gasteiger partial charge in [-0.2, -0.15) is 0 Å². The van der Waals surface area contributed by atoms with E-state index in [0.29, 0.717) is 35.9 Å². The number of fused-ring (bicyclic) bond motifs is 3. The quantitative estimate of drug-likeness (QED) is 0.231. The van der Waals surface area contributed by atoms with Gasteiger partial charge in [0.2, 0.25) is 0 Å². The number of likely N-dealkylation sites (tertiary alicyclic amines) is 1. The molecule has 6 aliphatic rings. The molecule has 1 aliphatic heterocycles. The Morgan fingerprint density at radius 1 is 0.725 bits per heavy atom. The molecule has 258 valence electrons. The lowest BCUT2D eigenvalue weighted by Gasteiger charge is -2.45. The van der Waals surface area contributed by atoms with E-state index in [1.807, 2.05) is 0 Å². The van der Waals surface area contributed by atoms with Crippen LogP contribution in [-0.2, 0) is 0 Å². The summed E-state index contributed by atoms with van der Waals surface area (Å²) in [6.07, 6.45) is 34.0. The summed E-state index contributed by atoms with van der Waals surface area (Å²) in [4.78, 5) is 5.72. The van der Waals surface area contributed by atoms with E-state index in [0.717, 1.165) is 32.1 Å². The molecule has 3 aromatic rings. The summed E-state index contributed by atoms with van der Waals surface area (Å²) in [6, 6.07) is 32.9. The molecule has 1 fully saturated rings. The maximum Gasteiger partial charge on any atom is 0.0506 e. The molecule has 0 spiro atoms. The zero-order valence-electron chi connectivity index (χ0n) is 30.2. The van der Waals surface area contributed by atoms with Crippen LogP contribution in [0, 0.1) is 17.8 Å². The Kier molecular flexibility index (Phi) is 9.02. The first-order valence-electron chi connectivity index (χ1n) is 19.8. The van der Waals surface area contributed by atoms with Crippen molar-refractivity contribution in [3.63, 3.8) is 0 Å². The molecule has 0 radical (unpaired) electrons. The predicted molar refractivity (Wildman–Crippen MR) is 215 cm³/mol. The Bertz CT molecular complexity index is 1940. The van der Waals surface area contributed by atoms with Crippen LogP contribution in [0.2, 0.25) is 0 Å². The molecule has 6 unspecified atom stereocenters. The van der Waals surface area contributed by atoms with Gasteiger partial charge in [-0.3, -0.25) is 0 Å². The number of allylic oxidation sites excluding steroid dienone is 11. The fourth-order valence-electron chi connectivity index (χ4n) is 10.3. The van der Waals surface area contributed by atoms with Gasteiger partial charge >= 0.3 is 0 Å². The second kappa shape index (κ2) is 14.2. The highest BCUT2D eigenvalue weighted by atomic mass is 15.3. The summed E-state index contributed by atoms with van der Waals surface area (Å²) in [5.74, 6) is 1.71. The van der Waals surface area contributed by atoms with E-state index in [-0.39, 0.29) is 0 Å². The van der Waals surface area contributed by atoms with Crippen LogP contribution in [0.5, 0.6) is 0 Å². The molecule has 0 N–H and O–H groups in total. The molecule has 0 saturated carbocycles. The van der Waals surface area contributed by atoms with Gasteiger partial charge in [-0.25, -0.2) is 0 Å². The molecule has 3 aromatic carbocycles. The number of para-hydroxylation sites is 1. The highest BCUT2D eigenvalue weighted by Gasteiger charge is 2.48. The molecule has 0 amide bonds. The molecule has 2 heteroatoms. The van der Waals surface area contributed by atoms with E-state index in [4.69, 9.17) is 0 Å². The molecule has 5 aliphatic carbocycles. The zero-order valence-corrected chi connectivity index (χ0v) is 30.2. The van der Waals surface area contributed by atoms with Crippen LogP contribution in [0.15, 0.2) is 162 Å². The minimum Gasteiger partial charge on any atom is -0.364 e. The average Bonchev–Trinajstić information content (AvgIpc) is 3.53. The standard InChI is InChI=1S/C49H52N2/c1-35-33-41(37-15-7-3-8-16-37)27-32-47(35)50(42-17-9-4-10-18-42)44-30-31-46-45-19-11-12-20-48(45)51(49(46)34-44)43-28-25-40(26-29-43)39-23-21-38(22-24-39)36-13-5-2-6-14-36/h2-10,13-15,17-19,21-25,28,30,33,35,37,46-49H,11-12,16,20,26-27,29,31-32,34H2,1H3. The lowest BCUT2D eigenvalue weighted by atomic mass is 9.78. The largest absolute Gasteiger partial charge is 0.364 e. The van der Waals surface area contributed by atoms with Gasteiger partial charge in [0.05, 0.1) is 6.04 Å². The number of rotatable bonds is 7. The lowest BCUT2D eigenvalue weighted by Crippen LogP contribution is -2.45. The monoisotopic (exact) mass is 668 g/mol. The van der Waals surface area contributed by atoms with Crippen molar-refractivity contribution in [2.75, 3.05) is 4.90 Å². The van der Waals surface area contributed by atoms with Gasteiger partial charge in [0, 0.05) is 47.4 Å². The number of nitrogens with zero attached hydrogens (tertiary/aromatic N) is 2. The van der Waals surface area contributed by atoms with Crippen LogP contribution >= 0.6 is 0 Å². The van der Waals surface area contributed by atoms with Gasteiger partial charge in [0.25, 0.3) is 0 Å². The predicted octanol–water partition coefficient (Wildman–Crippen LogP) is 12.2. The highest BCUT2D eigenvalue weighted by molar-refractivity contribution is 5.72. The zero-order chi connectivity index (χ0) is 34.1. The third kappa shape index (κ3) is 6.32. The third-order valence-corrected chi connectivity index (χ3v) is 12.8. The maximum atomic E-state index is 2.93. The van der Waals surface area contributed by atoms with Gasteiger partial charge in [-0.05, 0) is 110 Å². The van der Waals surface area contributed by atoms with Crippen molar-refractivity contribution >= 4 is 11.3 Å². The summed E-state index contributed by atoms with van der Waals surface area (Å²) in [5.41, 5.74) is 13.3. The van der Waals surface area contributed by atoms with E-state index >= 15 is 0 Å². The van der Waals surface area contributed by atoms with Gasteiger partial charge in [0.1, 0.15) is 0 Å². The first kappa shape index (κ1) is 32.4. The summed E-state index contributed by atoms with van der Waals surface area (Å²) >= 11 is 0. The van der Waals surface area contributed by atoms with E-state index in [1.165, 1.54) is 60.1 Å². The molecule has 0 bridgehead atoms. The van der Waals surface area contributed by atoms with E-state index in [1.54, 1.807) is 22.5 Å². The number of hydrogen-bond acceptors (Lipinski definition) is 2. The van der Waals surface area contributed by atoms with Crippen LogP contribution in [0.25, 0.3) is 16.7 Å². The van der Waals surface area contributed by atoms with Gasteiger partial charge in [-0.1, -0.05) is 134 Å². The first-order chi connectivity index (χ1) is 25.2. The van der Waals surface area contributed by atoms with E-state index in [2.05, 4.69) is 156 Å². The normalized spacial score (nSPS) is 28.5. The Labute approximate surface area is 306 Å². The SMILES string of the molecule is CC1C=C(C2C=CC=CC2)CCC1N(C1=CCC2C3=CCCCC3N(C3=CC=C(c4ccc(-c5ccccc5)cc4)CC3)C2C1)c1ccccc1. The van der Waals surface area contributed by atoms with Crippen LogP contribution in [-0.4, -0.2) is 23.0 Å². The molecule has 9 rings (SSSR count). The molecule has 6 atom stereocenters. The van der Waals surface area contributed by atoms with Crippen molar-refractivity contribution in [1.29, 1.82) is 0 Å². The highest BCUT2D eigenvalue weighted by Crippen LogP contribution is 2.51. The second-order valence-electron chi connectivity index (χ2n) is 15.7. The van der Waals surface area contributed by atoms with Crippen LogP contribution in [0.3, 0.4) is 0 Å². The Balaban J connectivity index is 0.997. The summed E-state index contributed by atoms with van der Waals surface area (Å²) < 4.78 is 0. The minimum absolute atomic E-state index is 0.478. The average molecular weight is 669 g/mol. The fourth-order valence-corrected chi connectivity index (χ4v) is 10.3. The van der Waals surface area contributed by atoms with Crippen LogP contribution < -0.4 is 4.90 Å². The Morgan fingerprint density at radius 3 is 2.25 bits per heavy atom. The molecule has 1 heterocycles. The first-order valence-corrected chi connectivity index (χ1v) is 19.8. The molecular formula is C49H52N2. The van der Waals surface area contributed by atoms with Crippen molar-refractivity contribution in [2.45, 2.75) is 89.3 Å². The van der Waals surface area contributed by atoms with Crippen molar-refractivity contribution in [2.24, 2.45) is 17.8 Å². The van der Waals surface area contributed by atoms with Crippen molar-refractivity contribution in [3.05, 3.63) is 168 Å². The molecule has 2 nitrogen and oxygen atoms in total. The molecular weight excluding hydrogens is 617 g/mol. The Hall–Kier alpha value is -4.56. The van der Waals surface area contributed by atoms with E-state index in [9.17, 15) is 0 Å². The number of hydrogen-bond donors (Lipinski definition) is 0. The smallest absolute Gasteiger partial charge is 0.0506 e. The lowest BCUT2D eigenvalue weighted by molar-refractivity contribution is 0.210. The summed E-state index contributed by atoms with van der Waals surface area (Å²) in [7, 11) is 0. The topological polar surface area (TPSA) is 6.48 Å². The van der Waals surface area contributed by atoms with Gasteiger partial charge in [-0.15, -0.1) is 0 Å².